The first-order valence-corrected chi connectivity index (χ1v) is 11.3. The molecule has 154 valence electrons. The molecular weight excluding hydrogens is 354 g/mol. The van der Waals surface area contributed by atoms with Gasteiger partial charge >= 0.3 is 6.03 Å². The number of imide groups is 1. The fraction of sp³-hybridized carbons (Fsp3) is 0.864. The van der Waals surface area contributed by atoms with Gasteiger partial charge in [-0.1, -0.05) is 19.8 Å². The number of carbonyl (C=O) groups excluding carboxylic acids is 3. The quantitative estimate of drug-likeness (QED) is 0.728. The van der Waals surface area contributed by atoms with Crippen molar-refractivity contribution in [3.63, 3.8) is 0 Å². The maximum atomic E-state index is 13.0. The number of hydrogen-bond acceptors (Lipinski definition) is 3. The molecule has 0 aromatic heterocycles. The molecule has 6 nitrogen and oxygen atoms in total. The molecule has 5 aliphatic carbocycles. The number of hydrogen-bond donors (Lipinski definition) is 2. The van der Waals surface area contributed by atoms with E-state index in [1.807, 2.05) is 6.92 Å². The normalized spacial score (nSPS) is 44.2. The number of carbonyl (C=O) groups is 3. The maximum absolute atomic E-state index is 13.0. The lowest BCUT2D eigenvalue weighted by atomic mass is 9.49. The highest BCUT2D eigenvalue weighted by atomic mass is 16.2. The molecule has 2 unspecified atom stereocenters. The molecule has 2 atom stereocenters. The van der Waals surface area contributed by atoms with Crippen LogP contribution >= 0.6 is 0 Å². The van der Waals surface area contributed by atoms with Gasteiger partial charge in [-0.3, -0.25) is 14.5 Å². The third-order valence-electron chi connectivity index (χ3n) is 8.63. The second-order valence-electron chi connectivity index (χ2n) is 10.6. The summed E-state index contributed by atoms with van der Waals surface area (Å²) in [7, 11) is 0. The first-order valence-electron chi connectivity index (χ1n) is 11.3. The van der Waals surface area contributed by atoms with Crippen LogP contribution in [0.4, 0.5) is 4.79 Å². The molecule has 4 amide bonds. The number of nitrogens with one attached hydrogen (secondary N) is 2. The first-order chi connectivity index (χ1) is 13.4. The minimum Gasteiger partial charge on any atom is -0.354 e. The Morgan fingerprint density at radius 3 is 2.36 bits per heavy atom. The van der Waals surface area contributed by atoms with Gasteiger partial charge < -0.3 is 10.6 Å². The van der Waals surface area contributed by atoms with Crippen molar-refractivity contribution in [3.05, 3.63) is 0 Å². The van der Waals surface area contributed by atoms with Gasteiger partial charge in [0.15, 0.2) is 0 Å². The Kier molecular flexibility index (Phi) is 4.25. The first kappa shape index (κ1) is 18.4. The molecule has 6 fully saturated rings. The van der Waals surface area contributed by atoms with E-state index < -0.39 is 11.6 Å². The number of rotatable bonds is 4. The second-order valence-corrected chi connectivity index (χ2v) is 10.6. The van der Waals surface area contributed by atoms with Gasteiger partial charge in [0.2, 0.25) is 5.91 Å². The maximum Gasteiger partial charge on any atom is 0.325 e. The fourth-order valence-electron chi connectivity index (χ4n) is 7.63. The van der Waals surface area contributed by atoms with Crippen molar-refractivity contribution in [2.24, 2.45) is 29.1 Å². The van der Waals surface area contributed by atoms with Gasteiger partial charge in [-0.05, 0) is 80.5 Å². The van der Waals surface area contributed by atoms with Crippen LogP contribution in [-0.2, 0) is 9.59 Å². The van der Waals surface area contributed by atoms with E-state index in [4.69, 9.17) is 0 Å². The predicted octanol–water partition coefficient (Wildman–Crippen LogP) is 2.82. The minimum atomic E-state index is -0.782. The molecule has 6 heteroatoms. The van der Waals surface area contributed by atoms with E-state index in [1.54, 1.807) is 0 Å². The van der Waals surface area contributed by atoms with Gasteiger partial charge in [-0.15, -0.1) is 0 Å². The molecule has 1 heterocycles. The van der Waals surface area contributed by atoms with E-state index in [2.05, 4.69) is 10.6 Å². The SMILES string of the molecule is CC1CCCCC12NC(=O)N(CC(=O)NCC13CC4CC(CC(C4)C1)C3)C2=O. The fourth-order valence-corrected chi connectivity index (χ4v) is 7.63. The Balaban J connectivity index is 1.20. The Bertz CT molecular complexity index is 670. The van der Waals surface area contributed by atoms with E-state index in [0.29, 0.717) is 13.0 Å². The van der Waals surface area contributed by atoms with Gasteiger partial charge in [0.25, 0.3) is 5.91 Å². The molecule has 5 saturated carbocycles. The number of nitrogens with zero attached hydrogens (tertiary/aromatic N) is 1. The molecule has 28 heavy (non-hydrogen) atoms. The summed E-state index contributed by atoms with van der Waals surface area (Å²) in [6.07, 6.45) is 11.5. The highest BCUT2D eigenvalue weighted by Crippen LogP contribution is 2.59. The molecule has 1 saturated heterocycles. The van der Waals surface area contributed by atoms with Crippen LogP contribution < -0.4 is 10.6 Å². The Morgan fingerprint density at radius 2 is 1.75 bits per heavy atom. The molecule has 2 N–H and O–H groups in total. The number of urea groups is 1. The van der Waals surface area contributed by atoms with E-state index in [-0.39, 0.29) is 29.7 Å². The summed E-state index contributed by atoms with van der Waals surface area (Å²) in [5.74, 6) is 2.28. The molecule has 4 bridgehead atoms. The van der Waals surface area contributed by atoms with Crippen molar-refractivity contribution >= 4 is 17.8 Å². The third kappa shape index (κ3) is 2.86. The third-order valence-corrected chi connectivity index (χ3v) is 8.63. The summed E-state index contributed by atoms with van der Waals surface area (Å²) in [6.45, 7) is 2.60. The smallest absolute Gasteiger partial charge is 0.325 e. The molecule has 0 radical (unpaired) electrons. The van der Waals surface area contributed by atoms with Crippen molar-refractivity contribution in [1.82, 2.24) is 15.5 Å². The Hall–Kier alpha value is -1.59. The molecule has 1 aliphatic heterocycles. The average Bonchev–Trinajstić information content (AvgIpc) is 2.87. The van der Waals surface area contributed by atoms with Crippen LogP contribution in [-0.4, -0.2) is 41.4 Å². The Morgan fingerprint density at radius 1 is 1.11 bits per heavy atom. The van der Waals surface area contributed by atoms with Crippen molar-refractivity contribution in [2.45, 2.75) is 76.7 Å². The van der Waals surface area contributed by atoms with Crippen LogP contribution in [0.3, 0.4) is 0 Å². The van der Waals surface area contributed by atoms with Crippen molar-refractivity contribution in [1.29, 1.82) is 0 Å². The summed E-state index contributed by atoms with van der Waals surface area (Å²) >= 11 is 0. The summed E-state index contributed by atoms with van der Waals surface area (Å²) in [5, 5.41) is 6.03. The molecule has 0 aromatic carbocycles. The van der Waals surface area contributed by atoms with Crippen LogP contribution in [0, 0.1) is 29.1 Å². The summed E-state index contributed by atoms with van der Waals surface area (Å²) in [4.78, 5) is 39.3. The summed E-state index contributed by atoms with van der Waals surface area (Å²) < 4.78 is 0. The average molecular weight is 388 g/mol. The standard InChI is InChI=1S/C22H33N3O3/c1-14-4-2-3-5-22(14)19(27)25(20(28)24-22)12-18(26)23-13-21-9-15-6-16(10-21)8-17(7-15)11-21/h14-17H,2-13H2,1H3,(H,23,26)(H,24,28). The van der Waals surface area contributed by atoms with E-state index in [9.17, 15) is 14.4 Å². The molecule has 6 aliphatic rings. The highest BCUT2D eigenvalue weighted by Gasteiger charge is 2.55. The van der Waals surface area contributed by atoms with Crippen molar-refractivity contribution in [3.8, 4) is 0 Å². The monoisotopic (exact) mass is 387 g/mol. The van der Waals surface area contributed by atoms with Gasteiger partial charge in [0.05, 0.1) is 0 Å². The lowest BCUT2D eigenvalue weighted by Gasteiger charge is -2.56. The minimum absolute atomic E-state index is 0.123. The molecule has 1 spiro atoms. The highest BCUT2D eigenvalue weighted by molar-refractivity contribution is 6.09. The largest absolute Gasteiger partial charge is 0.354 e. The van der Waals surface area contributed by atoms with Crippen LogP contribution in [0.15, 0.2) is 0 Å². The molecule has 6 rings (SSSR count). The van der Waals surface area contributed by atoms with Crippen molar-refractivity contribution in [2.75, 3.05) is 13.1 Å². The summed E-state index contributed by atoms with van der Waals surface area (Å²) in [5.41, 5.74) is -0.518. The zero-order valence-electron chi connectivity index (χ0n) is 17.0. The lowest BCUT2D eigenvalue weighted by Crippen LogP contribution is -2.54. The lowest BCUT2D eigenvalue weighted by molar-refractivity contribution is -0.137. The predicted molar refractivity (Wildman–Crippen MR) is 104 cm³/mol. The van der Waals surface area contributed by atoms with E-state index >= 15 is 0 Å². The van der Waals surface area contributed by atoms with E-state index in [1.165, 1.54) is 38.5 Å². The van der Waals surface area contributed by atoms with Crippen LogP contribution in [0.5, 0.6) is 0 Å². The van der Waals surface area contributed by atoms with Crippen molar-refractivity contribution < 1.29 is 14.4 Å². The topological polar surface area (TPSA) is 78.5 Å². The van der Waals surface area contributed by atoms with Gasteiger partial charge in [-0.25, -0.2) is 4.79 Å². The summed E-state index contributed by atoms with van der Waals surface area (Å²) in [6, 6.07) is -0.399. The van der Waals surface area contributed by atoms with E-state index in [0.717, 1.165) is 41.9 Å². The van der Waals surface area contributed by atoms with Gasteiger partial charge in [-0.2, -0.15) is 0 Å². The Labute approximate surface area is 167 Å². The van der Waals surface area contributed by atoms with Gasteiger partial charge in [0, 0.05) is 6.54 Å². The van der Waals surface area contributed by atoms with Gasteiger partial charge in [0.1, 0.15) is 12.1 Å². The second kappa shape index (κ2) is 6.46. The molecule has 0 aromatic rings. The molecular formula is C22H33N3O3. The van der Waals surface area contributed by atoms with Crippen LogP contribution in [0.1, 0.15) is 71.1 Å². The van der Waals surface area contributed by atoms with Crippen LogP contribution in [0.2, 0.25) is 0 Å². The zero-order chi connectivity index (χ0) is 19.5. The number of amides is 4. The van der Waals surface area contributed by atoms with Crippen LogP contribution in [0.25, 0.3) is 0 Å². The zero-order valence-corrected chi connectivity index (χ0v) is 17.0.